The van der Waals surface area contributed by atoms with Gasteiger partial charge in [-0.2, -0.15) is 0 Å². The van der Waals surface area contributed by atoms with E-state index in [0.717, 1.165) is 15.4 Å². The van der Waals surface area contributed by atoms with Crippen LogP contribution in [0.1, 0.15) is 25.0 Å². The Kier molecular flexibility index (Phi) is 9.25. The molecule has 0 bridgehead atoms. The average Bonchev–Trinajstić information content (AvgIpc) is 2.88. The van der Waals surface area contributed by atoms with Crippen molar-refractivity contribution in [3.05, 3.63) is 96.1 Å². The number of sulfonamides is 1. The number of rotatable bonds is 11. The number of hydrogen-bond donors (Lipinski definition) is 1. The second kappa shape index (κ2) is 12.4. The molecule has 190 valence electrons. The lowest BCUT2D eigenvalue weighted by Gasteiger charge is -2.32. The molecular formula is C28H33N3O4S. The van der Waals surface area contributed by atoms with Crippen LogP contribution in [0.5, 0.6) is 0 Å². The molecule has 0 aromatic heterocycles. The number of amides is 2. The van der Waals surface area contributed by atoms with Crippen LogP contribution in [0.2, 0.25) is 0 Å². The number of nitrogens with zero attached hydrogens (tertiary/aromatic N) is 2. The number of likely N-dealkylation sites (N-methyl/N-ethyl adjacent to an activating group) is 1. The van der Waals surface area contributed by atoms with E-state index in [4.69, 9.17) is 0 Å². The van der Waals surface area contributed by atoms with Crippen LogP contribution >= 0.6 is 0 Å². The van der Waals surface area contributed by atoms with E-state index in [1.54, 1.807) is 49.4 Å². The maximum absolute atomic E-state index is 13.7. The zero-order valence-electron chi connectivity index (χ0n) is 20.9. The number of nitrogens with one attached hydrogen (secondary N) is 1. The van der Waals surface area contributed by atoms with Gasteiger partial charge in [0, 0.05) is 13.1 Å². The Morgan fingerprint density at radius 1 is 0.889 bits per heavy atom. The summed E-state index contributed by atoms with van der Waals surface area (Å²) < 4.78 is 28.4. The quantitative estimate of drug-likeness (QED) is 0.428. The van der Waals surface area contributed by atoms with Gasteiger partial charge in [0.15, 0.2) is 0 Å². The first-order valence-corrected chi connectivity index (χ1v) is 13.4. The van der Waals surface area contributed by atoms with E-state index in [9.17, 15) is 18.0 Å². The molecule has 36 heavy (non-hydrogen) atoms. The number of hydrogen-bond acceptors (Lipinski definition) is 4. The molecule has 0 aliphatic heterocycles. The summed E-state index contributed by atoms with van der Waals surface area (Å²) in [7, 11) is -4.04. The van der Waals surface area contributed by atoms with Gasteiger partial charge in [-0.05, 0) is 57.0 Å². The summed E-state index contributed by atoms with van der Waals surface area (Å²) in [5.41, 5.74) is 2.32. The number of benzene rings is 3. The van der Waals surface area contributed by atoms with Gasteiger partial charge in [0.2, 0.25) is 11.8 Å². The topological polar surface area (TPSA) is 86.8 Å². The van der Waals surface area contributed by atoms with Crippen molar-refractivity contribution in [2.24, 2.45) is 0 Å². The maximum Gasteiger partial charge on any atom is 0.264 e. The summed E-state index contributed by atoms with van der Waals surface area (Å²) in [5.74, 6) is -0.740. The third-order valence-electron chi connectivity index (χ3n) is 5.93. The summed E-state index contributed by atoms with van der Waals surface area (Å²) in [6.07, 6.45) is 0.534. The SMILES string of the molecule is CCNC(=O)[C@@H](C)N(CCc1ccccc1)C(=O)CN(c1ccccc1)S(=O)(=O)c1ccc(C)cc1. The highest BCUT2D eigenvalue weighted by Crippen LogP contribution is 2.24. The monoisotopic (exact) mass is 507 g/mol. The van der Waals surface area contributed by atoms with Crippen molar-refractivity contribution >= 4 is 27.5 Å². The number of carbonyl (C=O) groups is 2. The number of anilines is 1. The molecule has 1 atom stereocenters. The van der Waals surface area contributed by atoms with Gasteiger partial charge in [-0.1, -0.05) is 66.2 Å². The van der Waals surface area contributed by atoms with Gasteiger partial charge in [-0.25, -0.2) is 8.42 Å². The molecule has 8 heteroatoms. The van der Waals surface area contributed by atoms with Gasteiger partial charge in [0.1, 0.15) is 12.6 Å². The predicted molar refractivity (Wildman–Crippen MR) is 142 cm³/mol. The molecule has 3 rings (SSSR count). The zero-order chi connectivity index (χ0) is 26.1. The first-order valence-electron chi connectivity index (χ1n) is 12.0. The normalized spacial score (nSPS) is 12.0. The number of carbonyl (C=O) groups excluding carboxylic acids is 2. The predicted octanol–water partition coefficient (Wildman–Crippen LogP) is 3.79. The Morgan fingerprint density at radius 3 is 2.06 bits per heavy atom. The van der Waals surface area contributed by atoms with Crippen LogP contribution in [-0.4, -0.2) is 50.8 Å². The fourth-order valence-corrected chi connectivity index (χ4v) is 5.27. The van der Waals surface area contributed by atoms with Gasteiger partial charge < -0.3 is 10.2 Å². The van der Waals surface area contributed by atoms with Crippen molar-refractivity contribution in [3.63, 3.8) is 0 Å². The van der Waals surface area contributed by atoms with Crippen LogP contribution in [0, 0.1) is 6.92 Å². The molecule has 2 amide bonds. The minimum absolute atomic E-state index is 0.0948. The molecular weight excluding hydrogens is 474 g/mol. The van der Waals surface area contributed by atoms with Crippen molar-refractivity contribution in [2.45, 2.75) is 38.1 Å². The van der Waals surface area contributed by atoms with Crippen molar-refractivity contribution in [1.29, 1.82) is 0 Å². The highest BCUT2D eigenvalue weighted by molar-refractivity contribution is 7.92. The van der Waals surface area contributed by atoms with Crippen LogP contribution in [0.4, 0.5) is 5.69 Å². The Balaban J connectivity index is 1.94. The molecule has 0 spiro atoms. The smallest absolute Gasteiger partial charge is 0.264 e. The molecule has 0 aliphatic rings. The van der Waals surface area contributed by atoms with Crippen LogP contribution in [0.15, 0.2) is 89.8 Å². The Labute approximate surface area is 213 Å². The number of aryl methyl sites for hydroxylation is 1. The highest BCUT2D eigenvalue weighted by atomic mass is 32.2. The second-order valence-electron chi connectivity index (χ2n) is 8.55. The van der Waals surface area contributed by atoms with Gasteiger partial charge in [-0.3, -0.25) is 13.9 Å². The first-order chi connectivity index (χ1) is 17.2. The molecule has 0 saturated carbocycles. The Hall–Kier alpha value is -3.65. The van der Waals surface area contributed by atoms with Gasteiger partial charge in [0.25, 0.3) is 10.0 Å². The second-order valence-corrected chi connectivity index (χ2v) is 10.4. The van der Waals surface area contributed by atoms with Gasteiger partial charge in [0.05, 0.1) is 10.6 Å². The first kappa shape index (κ1) is 26.9. The average molecular weight is 508 g/mol. The molecule has 0 radical (unpaired) electrons. The molecule has 0 heterocycles. The van der Waals surface area contributed by atoms with E-state index in [1.165, 1.54) is 17.0 Å². The summed E-state index contributed by atoms with van der Waals surface area (Å²) in [4.78, 5) is 27.9. The summed E-state index contributed by atoms with van der Waals surface area (Å²) in [5, 5.41) is 2.76. The van der Waals surface area contributed by atoms with Crippen LogP contribution in [0.25, 0.3) is 0 Å². The van der Waals surface area contributed by atoms with E-state index in [-0.39, 0.29) is 17.3 Å². The third-order valence-corrected chi connectivity index (χ3v) is 7.72. The Morgan fingerprint density at radius 2 is 1.47 bits per heavy atom. The fraction of sp³-hybridized carbons (Fsp3) is 0.286. The molecule has 0 fully saturated rings. The molecule has 3 aromatic rings. The lowest BCUT2D eigenvalue weighted by Crippen LogP contribution is -2.52. The number of para-hydroxylation sites is 1. The van der Waals surface area contributed by atoms with Crippen LogP contribution in [0.3, 0.4) is 0 Å². The van der Waals surface area contributed by atoms with E-state index in [0.29, 0.717) is 18.7 Å². The maximum atomic E-state index is 13.7. The summed E-state index contributed by atoms with van der Waals surface area (Å²) >= 11 is 0. The van der Waals surface area contributed by atoms with Gasteiger partial charge >= 0.3 is 0 Å². The lowest BCUT2D eigenvalue weighted by molar-refractivity contribution is -0.138. The molecule has 1 N–H and O–H groups in total. The highest BCUT2D eigenvalue weighted by Gasteiger charge is 2.32. The molecule has 7 nitrogen and oxygen atoms in total. The van der Waals surface area contributed by atoms with Crippen molar-refractivity contribution in [3.8, 4) is 0 Å². The molecule has 0 saturated heterocycles. The lowest BCUT2D eigenvalue weighted by atomic mass is 10.1. The van der Waals surface area contributed by atoms with Crippen molar-refractivity contribution in [2.75, 3.05) is 23.9 Å². The summed E-state index contributed by atoms with van der Waals surface area (Å²) in [6.45, 7) is 5.62. The van der Waals surface area contributed by atoms with E-state index in [2.05, 4.69) is 5.32 Å². The van der Waals surface area contributed by atoms with Gasteiger partial charge in [-0.15, -0.1) is 0 Å². The molecule has 0 unspecified atom stereocenters. The largest absolute Gasteiger partial charge is 0.355 e. The van der Waals surface area contributed by atoms with E-state index >= 15 is 0 Å². The van der Waals surface area contributed by atoms with Crippen LogP contribution in [-0.2, 0) is 26.0 Å². The third kappa shape index (κ3) is 6.73. The fourth-order valence-electron chi connectivity index (χ4n) is 3.85. The van der Waals surface area contributed by atoms with Crippen molar-refractivity contribution < 1.29 is 18.0 Å². The zero-order valence-corrected chi connectivity index (χ0v) is 21.7. The van der Waals surface area contributed by atoms with E-state index < -0.39 is 28.5 Å². The molecule has 0 aliphatic carbocycles. The van der Waals surface area contributed by atoms with E-state index in [1.807, 2.05) is 44.2 Å². The minimum atomic E-state index is -4.04. The molecule has 3 aromatic carbocycles. The van der Waals surface area contributed by atoms with Crippen LogP contribution < -0.4 is 9.62 Å². The standard InChI is InChI=1S/C28H33N3O4S/c1-4-29-28(33)23(3)30(20-19-24-11-7-5-8-12-24)27(32)21-31(25-13-9-6-10-14-25)36(34,35)26-17-15-22(2)16-18-26/h5-18,23H,4,19-21H2,1-3H3,(H,29,33)/t23-/m1/s1. The Bertz CT molecular complexity index is 1250. The summed E-state index contributed by atoms with van der Waals surface area (Å²) in [6, 6.07) is 24.0. The minimum Gasteiger partial charge on any atom is -0.355 e. The van der Waals surface area contributed by atoms with Crippen molar-refractivity contribution in [1.82, 2.24) is 10.2 Å².